The van der Waals surface area contributed by atoms with Crippen molar-refractivity contribution in [3.63, 3.8) is 0 Å². The quantitative estimate of drug-likeness (QED) is 0.686. The van der Waals surface area contributed by atoms with Gasteiger partial charge in [0.25, 0.3) is 5.91 Å². The summed E-state index contributed by atoms with van der Waals surface area (Å²) >= 11 is 0. The molecule has 5 rings (SSSR count). The predicted molar refractivity (Wildman–Crippen MR) is 111 cm³/mol. The van der Waals surface area contributed by atoms with Gasteiger partial charge in [-0.15, -0.1) is 0 Å². The van der Waals surface area contributed by atoms with Gasteiger partial charge in [-0.25, -0.2) is 0 Å². The first-order chi connectivity index (χ1) is 14.3. The zero-order valence-corrected chi connectivity index (χ0v) is 16.0. The zero-order valence-electron chi connectivity index (χ0n) is 16.0. The maximum atomic E-state index is 13.5. The molecule has 0 fully saturated rings. The number of hydrogen-bond acceptors (Lipinski definition) is 5. The molecule has 2 aliphatic rings. The van der Waals surface area contributed by atoms with Crippen molar-refractivity contribution in [1.29, 1.82) is 0 Å². The third-order valence-electron chi connectivity index (χ3n) is 5.30. The summed E-state index contributed by atoms with van der Waals surface area (Å²) in [5, 5.41) is 0. The van der Waals surface area contributed by atoms with E-state index in [1.165, 1.54) is 0 Å². The highest BCUT2D eigenvalue weighted by atomic mass is 16.5. The molecule has 0 spiro atoms. The number of carbonyl (C=O) groups excluding carboxylic acids is 1. The van der Waals surface area contributed by atoms with Gasteiger partial charge in [-0.1, -0.05) is 18.2 Å². The molecule has 2 aromatic carbocycles. The molecule has 1 aromatic heterocycles. The molecule has 29 heavy (non-hydrogen) atoms. The number of ether oxygens (including phenoxy) is 2. The van der Waals surface area contributed by atoms with E-state index in [4.69, 9.17) is 9.47 Å². The summed E-state index contributed by atoms with van der Waals surface area (Å²) in [5.41, 5.74) is 3.46. The van der Waals surface area contributed by atoms with Gasteiger partial charge in [0.15, 0.2) is 0 Å². The van der Waals surface area contributed by atoms with Gasteiger partial charge in [0, 0.05) is 25.5 Å². The molecule has 0 N–H and O–H groups in total. The Kier molecular flexibility index (Phi) is 4.52. The second-order valence-electron chi connectivity index (χ2n) is 7.06. The van der Waals surface area contributed by atoms with E-state index in [2.05, 4.69) is 9.88 Å². The number of aromatic nitrogens is 1. The molecule has 146 valence electrons. The normalized spacial score (nSPS) is 14.8. The van der Waals surface area contributed by atoms with Crippen LogP contribution in [-0.2, 0) is 6.61 Å². The van der Waals surface area contributed by atoms with Gasteiger partial charge in [-0.2, -0.15) is 0 Å². The first kappa shape index (κ1) is 17.6. The van der Waals surface area contributed by atoms with E-state index in [0.717, 1.165) is 35.8 Å². The SMILES string of the molecule is O=C(c1ccccc1OCc1ccncc1)N1CCN2CCOc3cccc1c32. The molecule has 0 aliphatic carbocycles. The lowest BCUT2D eigenvalue weighted by molar-refractivity contribution is 0.0982. The van der Waals surface area contributed by atoms with Crippen molar-refractivity contribution in [2.45, 2.75) is 6.61 Å². The molecule has 0 atom stereocenters. The fraction of sp³-hybridized carbons (Fsp3) is 0.217. The summed E-state index contributed by atoms with van der Waals surface area (Å²) in [7, 11) is 0. The summed E-state index contributed by atoms with van der Waals surface area (Å²) in [6.45, 7) is 3.33. The largest absolute Gasteiger partial charge is 0.489 e. The van der Waals surface area contributed by atoms with Gasteiger partial charge in [0.1, 0.15) is 30.4 Å². The summed E-state index contributed by atoms with van der Waals surface area (Å²) in [4.78, 5) is 21.6. The molecule has 0 saturated carbocycles. The third-order valence-corrected chi connectivity index (χ3v) is 5.30. The number of amides is 1. The number of hydrogen-bond donors (Lipinski definition) is 0. The van der Waals surface area contributed by atoms with Gasteiger partial charge in [-0.3, -0.25) is 9.78 Å². The van der Waals surface area contributed by atoms with Crippen LogP contribution in [0.3, 0.4) is 0 Å². The van der Waals surface area contributed by atoms with Crippen LogP contribution in [0, 0.1) is 0 Å². The van der Waals surface area contributed by atoms with Crippen molar-refractivity contribution >= 4 is 17.3 Å². The summed E-state index contributed by atoms with van der Waals surface area (Å²) < 4.78 is 11.8. The number of benzene rings is 2. The molecule has 3 heterocycles. The molecular formula is C23H21N3O3. The zero-order chi connectivity index (χ0) is 19.6. The Morgan fingerprint density at radius 3 is 2.76 bits per heavy atom. The van der Waals surface area contributed by atoms with Gasteiger partial charge in [0.2, 0.25) is 0 Å². The molecule has 0 unspecified atom stereocenters. The minimum atomic E-state index is -0.0612. The lowest BCUT2D eigenvalue weighted by Gasteiger charge is -2.41. The fourth-order valence-corrected chi connectivity index (χ4v) is 3.87. The van der Waals surface area contributed by atoms with E-state index < -0.39 is 0 Å². The summed E-state index contributed by atoms with van der Waals surface area (Å²) in [6, 6.07) is 17.1. The Bertz CT molecular complexity index is 1040. The highest BCUT2D eigenvalue weighted by Gasteiger charge is 2.32. The van der Waals surface area contributed by atoms with Crippen molar-refractivity contribution in [1.82, 2.24) is 4.98 Å². The number of anilines is 2. The second kappa shape index (κ2) is 7.47. The van der Waals surface area contributed by atoms with E-state index in [-0.39, 0.29) is 5.91 Å². The van der Waals surface area contributed by atoms with Crippen LogP contribution in [0.1, 0.15) is 15.9 Å². The highest BCUT2D eigenvalue weighted by molar-refractivity contribution is 6.10. The van der Waals surface area contributed by atoms with Crippen molar-refractivity contribution in [2.24, 2.45) is 0 Å². The number of nitrogens with zero attached hydrogens (tertiary/aromatic N) is 3. The van der Waals surface area contributed by atoms with E-state index in [0.29, 0.717) is 31.1 Å². The molecule has 0 saturated heterocycles. The average Bonchev–Trinajstić information content (AvgIpc) is 2.79. The van der Waals surface area contributed by atoms with Crippen LogP contribution in [0.2, 0.25) is 0 Å². The molecule has 0 radical (unpaired) electrons. The smallest absolute Gasteiger partial charge is 0.262 e. The van der Waals surface area contributed by atoms with Crippen LogP contribution >= 0.6 is 0 Å². The molecule has 6 nitrogen and oxygen atoms in total. The van der Waals surface area contributed by atoms with E-state index >= 15 is 0 Å². The lowest BCUT2D eigenvalue weighted by atomic mass is 10.1. The minimum absolute atomic E-state index is 0.0612. The number of pyridine rings is 1. The first-order valence-corrected chi connectivity index (χ1v) is 9.74. The van der Waals surface area contributed by atoms with Crippen molar-refractivity contribution in [3.05, 3.63) is 78.1 Å². The van der Waals surface area contributed by atoms with Gasteiger partial charge >= 0.3 is 0 Å². The molecule has 3 aromatic rings. The molecule has 6 heteroatoms. The van der Waals surface area contributed by atoms with Gasteiger partial charge in [-0.05, 0) is 42.0 Å². The van der Waals surface area contributed by atoms with Crippen molar-refractivity contribution in [2.75, 3.05) is 36.0 Å². The molecule has 0 bridgehead atoms. The Balaban J connectivity index is 1.44. The second-order valence-corrected chi connectivity index (χ2v) is 7.06. The summed E-state index contributed by atoms with van der Waals surface area (Å²) in [6.07, 6.45) is 3.46. The van der Waals surface area contributed by atoms with Crippen LogP contribution in [0.5, 0.6) is 11.5 Å². The van der Waals surface area contributed by atoms with Crippen LogP contribution in [0.15, 0.2) is 67.0 Å². The maximum absolute atomic E-state index is 13.5. The Labute approximate surface area is 169 Å². The Hall–Kier alpha value is -3.54. The third kappa shape index (κ3) is 3.27. The van der Waals surface area contributed by atoms with E-state index in [9.17, 15) is 4.79 Å². The van der Waals surface area contributed by atoms with Gasteiger partial charge < -0.3 is 19.3 Å². The number of rotatable bonds is 4. The number of carbonyl (C=O) groups is 1. The molecule has 2 aliphatic heterocycles. The highest BCUT2D eigenvalue weighted by Crippen LogP contribution is 2.43. The van der Waals surface area contributed by atoms with Crippen molar-refractivity contribution in [3.8, 4) is 11.5 Å². The van der Waals surface area contributed by atoms with E-state index in [1.807, 2.05) is 59.5 Å². The number of para-hydroxylation sites is 2. The maximum Gasteiger partial charge on any atom is 0.262 e. The van der Waals surface area contributed by atoms with Crippen LogP contribution < -0.4 is 19.3 Å². The minimum Gasteiger partial charge on any atom is -0.489 e. The molecular weight excluding hydrogens is 366 g/mol. The standard InChI is InChI=1S/C23H21N3O3/c27-23(18-4-1-2-6-20(18)29-16-17-8-10-24-11-9-17)26-13-12-25-14-15-28-21-7-3-5-19(26)22(21)25/h1-11H,12-16H2. The van der Waals surface area contributed by atoms with Crippen LogP contribution in [-0.4, -0.2) is 37.1 Å². The van der Waals surface area contributed by atoms with Crippen molar-refractivity contribution < 1.29 is 14.3 Å². The van der Waals surface area contributed by atoms with E-state index in [1.54, 1.807) is 12.4 Å². The fourth-order valence-electron chi connectivity index (χ4n) is 3.87. The predicted octanol–water partition coefficient (Wildman–Crippen LogP) is 3.52. The average molecular weight is 387 g/mol. The summed E-state index contributed by atoms with van der Waals surface area (Å²) in [5.74, 6) is 1.36. The monoisotopic (exact) mass is 387 g/mol. The van der Waals surface area contributed by atoms with Crippen LogP contribution in [0.25, 0.3) is 0 Å². The lowest BCUT2D eigenvalue weighted by Crippen LogP contribution is -2.47. The Morgan fingerprint density at radius 1 is 1.00 bits per heavy atom. The topological polar surface area (TPSA) is 54.9 Å². The first-order valence-electron chi connectivity index (χ1n) is 9.74. The molecule has 1 amide bonds. The Morgan fingerprint density at radius 2 is 1.86 bits per heavy atom. The van der Waals surface area contributed by atoms with Crippen LogP contribution in [0.4, 0.5) is 11.4 Å². The van der Waals surface area contributed by atoms with Gasteiger partial charge in [0.05, 0.1) is 17.8 Å².